The van der Waals surface area contributed by atoms with Crippen molar-refractivity contribution in [3.8, 4) is 0 Å². The highest BCUT2D eigenvalue weighted by molar-refractivity contribution is 5.85. The number of carbonyl (C=O) groups excluding carboxylic acids is 1. The van der Waals surface area contributed by atoms with E-state index in [1.165, 1.54) is 0 Å². The molecule has 7 heteroatoms. The molecule has 0 spiro atoms. The molecular weight excluding hydrogens is 329 g/mol. The molecule has 0 aliphatic carbocycles. The predicted octanol–water partition coefficient (Wildman–Crippen LogP) is 3.61. The highest BCUT2D eigenvalue weighted by Gasteiger charge is 2.33. The molecule has 1 aromatic carbocycles. The maximum Gasteiger partial charge on any atom is 0.391 e. The highest BCUT2D eigenvalue weighted by atomic mass is 35.5. The number of hydrogen-bond acceptors (Lipinski definition) is 2. The van der Waals surface area contributed by atoms with E-state index in [1.54, 1.807) is 30.3 Å². The molecule has 1 heterocycles. The molecule has 2 N–H and O–H groups in total. The van der Waals surface area contributed by atoms with Crippen molar-refractivity contribution in [3.05, 3.63) is 35.9 Å². The number of rotatable bonds is 6. The van der Waals surface area contributed by atoms with Crippen LogP contribution >= 0.6 is 12.4 Å². The van der Waals surface area contributed by atoms with E-state index in [-0.39, 0.29) is 24.7 Å². The van der Waals surface area contributed by atoms with Crippen molar-refractivity contribution >= 4 is 18.3 Å². The van der Waals surface area contributed by atoms with Crippen LogP contribution in [0.5, 0.6) is 0 Å². The molecular formula is C16H22ClF3N2O. The molecule has 3 nitrogen and oxygen atoms in total. The molecule has 1 saturated heterocycles. The molecule has 1 amide bonds. The maximum atomic E-state index is 12.7. The summed E-state index contributed by atoms with van der Waals surface area (Å²) in [5.41, 5.74) is 0.482. The van der Waals surface area contributed by atoms with Gasteiger partial charge in [-0.3, -0.25) is 4.79 Å². The Labute approximate surface area is 140 Å². The molecule has 130 valence electrons. The number of carbonyl (C=O) groups is 1. The molecule has 23 heavy (non-hydrogen) atoms. The van der Waals surface area contributed by atoms with Gasteiger partial charge in [-0.05, 0) is 37.4 Å². The topological polar surface area (TPSA) is 41.1 Å². The van der Waals surface area contributed by atoms with Crippen LogP contribution in [-0.2, 0) is 4.79 Å². The lowest BCUT2D eigenvalue weighted by Gasteiger charge is -2.21. The lowest BCUT2D eigenvalue weighted by molar-refractivity contribution is -0.143. The number of nitrogens with one attached hydrogen (secondary N) is 2. The van der Waals surface area contributed by atoms with E-state index >= 15 is 0 Å². The van der Waals surface area contributed by atoms with Crippen molar-refractivity contribution < 1.29 is 18.0 Å². The first kappa shape index (κ1) is 19.8. The van der Waals surface area contributed by atoms with Gasteiger partial charge in [-0.15, -0.1) is 12.4 Å². The molecule has 2 unspecified atom stereocenters. The molecule has 1 aliphatic heterocycles. The summed E-state index contributed by atoms with van der Waals surface area (Å²) in [7, 11) is 0. The smallest absolute Gasteiger partial charge is 0.349 e. The molecule has 1 aliphatic rings. The van der Waals surface area contributed by atoms with Gasteiger partial charge in [0.05, 0.1) is 12.5 Å². The van der Waals surface area contributed by atoms with Gasteiger partial charge in [-0.2, -0.15) is 13.2 Å². The third-order valence-electron chi connectivity index (χ3n) is 3.91. The second-order valence-corrected chi connectivity index (χ2v) is 5.75. The standard InChI is InChI=1S/C16H21F3N2O.ClH/c17-16(18,19)10-14(13-4-2-1-3-5-13)21-15(22)7-6-12-8-9-20-11-12;/h1-5,12,14,20H,6-11H2,(H,21,22);1H. The molecule has 2 rings (SSSR count). The molecule has 0 bridgehead atoms. The van der Waals surface area contributed by atoms with Crippen LogP contribution in [0.2, 0.25) is 0 Å². The van der Waals surface area contributed by atoms with Crippen LogP contribution < -0.4 is 10.6 Å². The third kappa shape index (κ3) is 7.22. The SMILES string of the molecule is Cl.O=C(CCC1CCNC1)NC(CC(F)(F)F)c1ccccc1. The summed E-state index contributed by atoms with van der Waals surface area (Å²) >= 11 is 0. The summed E-state index contributed by atoms with van der Waals surface area (Å²) in [6, 6.07) is 7.29. The van der Waals surface area contributed by atoms with Crippen LogP contribution in [0.1, 0.15) is 37.3 Å². The van der Waals surface area contributed by atoms with Crippen LogP contribution in [0.3, 0.4) is 0 Å². The van der Waals surface area contributed by atoms with Crippen LogP contribution in [0.15, 0.2) is 30.3 Å². The zero-order valence-electron chi connectivity index (χ0n) is 12.7. The molecule has 2 atom stereocenters. The summed E-state index contributed by atoms with van der Waals surface area (Å²) in [6.07, 6.45) is -3.35. The largest absolute Gasteiger partial charge is 0.391 e. The first-order chi connectivity index (χ1) is 10.4. The number of amides is 1. The summed E-state index contributed by atoms with van der Waals surface area (Å²) in [6.45, 7) is 1.84. The lowest BCUT2D eigenvalue weighted by atomic mass is 10.0. The highest BCUT2D eigenvalue weighted by Crippen LogP contribution is 2.29. The zero-order chi connectivity index (χ0) is 16.0. The van der Waals surface area contributed by atoms with Gasteiger partial charge in [-0.25, -0.2) is 0 Å². The number of benzene rings is 1. The number of halogens is 4. The van der Waals surface area contributed by atoms with Gasteiger partial charge in [0.15, 0.2) is 0 Å². The van der Waals surface area contributed by atoms with Gasteiger partial charge in [0.25, 0.3) is 0 Å². The Balaban J connectivity index is 0.00000264. The van der Waals surface area contributed by atoms with Crippen molar-refractivity contribution in [3.63, 3.8) is 0 Å². The molecule has 0 aromatic heterocycles. The average Bonchev–Trinajstić information content (AvgIpc) is 2.97. The van der Waals surface area contributed by atoms with Crippen molar-refractivity contribution in [2.24, 2.45) is 5.92 Å². The van der Waals surface area contributed by atoms with Gasteiger partial charge in [0, 0.05) is 6.42 Å². The Morgan fingerprint density at radius 1 is 1.30 bits per heavy atom. The number of hydrogen-bond donors (Lipinski definition) is 2. The molecule has 0 radical (unpaired) electrons. The van der Waals surface area contributed by atoms with E-state index in [2.05, 4.69) is 10.6 Å². The van der Waals surface area contributed by atoms with E-state index in [4.69, 9.17) is 0 Å². The quantitative estimate of drug-likeness (QED) is 0.823. The number of alkyl halides is 3. The summed E-state index contributed by atoms with van der Waals surface area (Å²) in [5, 5.41) is 5.75. The minimum atomic E-state index is -4.32. The van der Waals surface area contributed by atoms with Crippen molar-refractivity contribution in [2.75, 3.05) is 13.1 Å². The van der Waals surface area contributed by atoms with E-state index in [0.717, 1.165) is 19.5 Å². The zero-order valence-corrected chi connectivity index (χ0v) is 13.6. The fourth-order valence-corrected chi connectivity index (χ4v) is 2.73. The first-order valence-electron chi connectivity index (χ1n) is 7.56. The Morgan fingerprint density at radius 3 is 2.57 bits per heavy atom. The second-order valence-electron chi connectivity index (χ2n) is 5.75. The second kappa shape index (κ2) is 9.13. The first-order valence-corrected chi connectivity index (χ1v) is 7.56. The average molecular weight is 351 g/mol. The van der Waals surface area contributed by atoms with Crippen LogP contribution in [-0.4, -0.2) is 25.2 Å². The monoisotopic (exact) mass is 350 g/mol. The van der Waals surface area contributed by atoms with E-state index in [9.17, 15) is 18.0 Å². The van der Waals surface area contributed by atoms with Gasteiger partial charge < -0.3 is 10.6 Å². The van der Waals surface area contributed by atoms with E-state index in [1.807, 2.05) is 0 Å². The summed E-state index contributed by atoms with van der Waals surface area (Å²) < 4.78 is 38.1. The van der Waals surface area contributed by atoms with E-state index < -0.39 is 18.6 Å². The van der Waals surface area contributed by atoms with Crippen molar-refractivity contribution in [1.82, 2.24) is 10.6 Å². The van der Waals surface area contributed by atoms with Gasteiger partial charge in [-0.1, -0.05) is 30.3 Å². The van der Waals surface area contributed by atoms with Gasteiger partial charge >= 0.3 is 6.18 Å². The fourth-order valence-electron chi connectivity index (χ4n) is 2.73. The predicted molar refractivity (Wildman–Crippen MR) is 85.5 cm³/mol. The van der Waals surface area contributed by atoms with Crippen molar-refractivity contribution in [1.29, 1.82) is 0 Å². The van der Waals surface area contributed by atoms with Crippen LogP contribution in [0, 0.1) is 5.92 Å². The maximum absolute atomic E-state index is 12.7. The summed E-state index contributed by atoms with van der Waals surface area (Å²) in [5.74, 6) is 0.133. The van der Waals surface area contributed by atoms with Crippen LogP contribution in [0.25, 0.3) is 0 Å². The molecule has 1 fully saturated rings. The molecule has 0 saturated carbocycles. The van der Waals surface area contributed by atoms with Gasteiger partial charge in [0.2, 0.25) is 5.91 Å². The van der Waals surface area contributed by atoms with Crippen LogP contribution in [0.4, 0.5) is 13.2 Å². The Bertz CT molecular complexity index is 476. The Kier molecular flexibility index (Phi) is 7.85. The summed E-state index contributed by atoms with van der Waals surface area (Å²) in [4.78, 5) is 12.0. The van der Waals surface area contributed by atoms with Gasteiger partial charge in [0.1, 0.15) is 0 Å². The fraction of sp³-hybridized carbons (Fsp3) is 0.562. The Hall–Kier alpha value is -1.27. The van der Waals surface area contributed by atoms with E-state index in [0.29, 0.717) is 17.9 Å². The lowest BCUT2D eigenvalue weighted by Crippen LogP contribution is -2.32. The minimum Gasteiger partial charge on any atom is -0.349 e. The normalized spacial score (nSPS) is 19.0. The Morgan fingerprint density at radius 2 is 2.00 bits per heavy atom. The van der Waals surface area contributed by atoms with Crippen molar-refractivity contribution in [2.45, 2.75) is 37.9 Å². The minimum absolute atomic E-state index is 0. The molecule has 1 aromatic rings. The third-order valence-corrected chi connectivity index (χ3v) is 3.91.